The van der Waals surface area contributed by atoms with Crippen molar-refractivity contribution >= 4 is 27.5 Å². The van der Waals surface area contributed by atoms with Gasteiger partial charge in [-0.05, 0) is 60.6 Å². The normalized spacial score (nSPS) is 15.5. The third-order valence-corrected chi connectivity index (χ3v) is 5.16. The van der Waals surface area contributed by atoms with E-state index in [0.29, 0.717) is 12.3 Å². The molecule has 1 heterocycles. The van der Waals surface area contributed by atoms with Crippen LogP contribution in [0, 0.1) is 5.92 Å². The molecule has 1 aliphatic heterocycles. The first-order chi connectivity index (χ1) is 11.5. The number of hydrogen-bond donors (Lipinski definition) is 0. The molecule has 126 valence electrons. The minimum absolute atomic E-state index is 0.0471. The van der Waals surface area contributed by atoms with Crippen LogP contribution in [0.15, 0.2) is 46.9 Å². The molecule has 2 aromatic rings. The number of hydrogen-bond acceptors (Lipinski definition) is 1. The molecular formula is C21H24BrNO. The van der Waals surface area contributed by atoms with Gasteiger partial charge >= 0.3 is 0 Å². The summed E-state index contributed by atoms with van der Waals surface area (Å²) in [4.78, 5) is 14.5. The van der Waals surface area contributed by atoms with Crippen LogP contribution in [0.25, 0.3) is 0 Å². The molecule has 2 nitrogen and oxygen atoms in total. The second-order valence-electron chi connectivity index (χ2n) is 7.05. The predicted octanol–water partition coefficient (Wildman–Crippen LogP) is 5.69. The van der Waals surface area contributed by atoms with Crippen LogP contribution in [-0.2, 0) is 17.6 Å². The fourth-order valence-corrected chi connectivity index (χ4v) is 3.87. The number of rotatable bonds is 4. The van der Waals surface area contributed by atoms with Crippen molar-refractivity contribution in [3.05, 3.63) is 63.6 Å². The van der Waals surface area contributed by atoms with Crippen molar-refractivity contribution < 1.29 is 4.79 Å². The first-order valence-electron chi connectivity index (χ1n) is 8.65. The van der Waals surface area contributed by atoms with Gasteiger partial charge in [0.1, 0.15) is 0 Å². The first kappa shape index (κ1) is 17.2. The topological polar surface area (TPSA) is 20.3 Å². The standard InChI is InChI=1S/C21H24BrNO/c1-14(2)12-16-4-6-17(7-5-16)15(3)23-20-10-9-19(22)13-18(20)8-11-21(23)24/h4-7,9-10,13-15H,8,11-12H2,1-3H3. The van der Waals surface area contributed by atoms with E-state index in [9.17, 15) is 4.79 Å². The van der Waals surface area contributed by atoms with E-state index in [1.54, 1.807) is 0 Å². The number of nitrogens with zero attached hydrogens (tertiary/aromatic N) is 1. The summed E-state index contributed by atoms with van der Waals surface area (Å²) in [5, 5.41) is 0. The molecule has 0 N–H and O–H groups in total. The third-order valence-electron chi connectivity index (χ3n) is 4.67. The zero-order valence-electron chi connectivity index (χ0n) is 14.6. The average Bonchev–Trinajstić information content (AvgIpc) is 2.54. The van der Waals surface area contributed by atoms with Gasteiger partial charge in [0.2, 0.25) is 5.91 Å². The Hall–Kier alpha value is -1.61. The Balaban J connectivity index is 1.89. The Labute approximate surface area is 153 Å². The van der Waals surface area contributed by atoms with E-state index in [4.69, 9.17) is 0 Å². The third kappa shape index (κ3) is 3.56. The highest BCUT2D eigenvalue weighted by atomic mass is 79.9. The summed E-state index contributed by atoms with van der Waals surface area (Å²) in [5.74, 6) is 0.867. The van der Waals surface area contributed by atoms with Crippen molar-refractivity contribution in [2.75, 3.05) is 4.90 Å². The highest BCUT2D eigenvalue weighted by Gasteiger charge is 2.29. The van der Waals surface area contributed by atoms with Crippen LogP contribution in [0.3, 0.4) is 0 Å². The number of carbonyl (C=O) groups excluding carboxylic acids is 1. The molecule has 1 amide bonds. The number of amides is 1. The summed E-state index contributed by atoms with van der Waals surface area (Å²) in [6.45, 7) is 6.59. The second-order valence-corrected chi connectivity index (χ2v) is 7.97. The molecule has 0 aliphatic carbocycles. The van der Waals surface area contributed by atoms with E-state index in [-0.39, 0.29) is 11.9 Å². The van der Waals surface area contributed by atoms with Gasteiger partial charge in [-0.3, -0.25) is 4.79 Å². The van der Waals surface area contributed by atoms with Gasteiger partial charge in [0.05, 0.1) is 6.04 Å². The van der Waals surface area contributed by atoms with Crippen LogP contribution in [0.1, 0.15) is 49.9 Å². The maximum absolute atomic E-state index is 12.6. The van der Waals surface area contributed by atoms with Gasteiger partial charge in [0, 0.05) is 16.6 Å². The minimum Gasteiger partial charge on any atom is -0.305 e. The van der Waals surface area contributed by atoms with Crippen LogP contribution in [0.4, 0.5) is 5.69 Å². The van der Waals surface area contributed by atoms with Gasteiger partial charge in [-0.25, -0.2) is 0 Å². The molecule has 0 aromatic heterocycles. The SMILES string of the molecule is CC(C)Cc1ccc(C(C)N2C(=O)CCc3cc(Br)ccc32)cc1. The Kier molecular flexibility index (Phi) is 5.09. The lowest BCUT2D eigenvalue weighted by atomic mass is 9.96. The van der Waals surface area contributed by atoms with E-state index in [2.05, 4.69) is 73.1 Å². The molecule has 0 radical (unpaired) electrons. The molecule has 1 unspecified atom stereocenters. The van der Waals surface area contributed by atoms with Gasteiger partial charge in [-0.2, -0.15) is 0 Å². The lowest BCUT2D eigenvalue weighted by Crippen LogP contribution is -2.37. The van der Waals surface area contributed by atoms with Gasteiger partial charge < -0.3 is 4.90 Å². The van der Waals surface area contributed by atoms with Crippen LogP contribution < -0.4 is 4.90 Å². The van der Waals surface area contributed by atoms with Crippen LogP contribution >= 0.6 is 15.9 Å². The molecule has 0 fully saturated rings. The number of halogens is 1. The predicted molar refractivity (Wildman–Crippen MR) is 103 cm³/mol. The fraction of sp³-hybridized carbons (Fsp3) is 0.381. The highest BCUT2D eigenvalue weighted by molar-refractivity contribution is 9.10. The van der Waals surface area contributed by atoms with Crippen molar-refractivity contribution in [2.24, 2.45) is 5.92 Å². The van der Waals surface area contributed by atoms with Crippen LogP contribution in [0.5, 0.6) is 0 Å². The Morgan fingerprint density at radius 1 is 1.04 bits per heavy atom. The van der Waals surface area contributed by atoms with Crippen molar-refractivity contribution in [2.45, 2.75) is 46.1 Å². The summed E-state index contributed by atoms with van der Waals surface area (Å²) in [7, 11) is 0. The van der Waals surface area contributed by atoms with E-state index in [1.165, 1.54) is 16.7 Å². The number of aryl methyl sites for hydroxylation is 1. The number of anilines is 1. The molecule has 3 rings (SSSR count). The van der Waals surface area contributed by atoms with Gasteiger partial charge in [0.25, 0.3) is 0 Å². The molecule has 0 saturated carbocycles. The van der Waals surface area contributed by atoms with Crippen molar-refractivity contribution in [1.29, 1.82) is 0 Å². The molecule has 1 atom stereocenters. The molecule has 1 aliphatic rings. The number of benzene rings is 2. The minimum atomic E-state index is 0.0471. The Morgan fingerprint density at radius 2 is 1.75 bits per heavy atom. The summed E-state index contributed by atoms with van der Waals surface area (Å²) in [5.41, 5.74) is 4.84. The average molecular weight is 386 g/mol. The molecule has 2 aromatic carbocycles. The zero-order chi connectivity index (χ0) is 17.3. The summed E-state index contributed by atoms with van der Waals surface area (Å²) in [6.07, 6.45) is 2.50. The number of carbonyl (C=O) groups is 1. The van der Waals surface area contributed by atoms with E-state index in [1.807, 2.05) is 11.0 Å². The summed E-state index contributed by atoms with van der Waals surface area (Å²) in [6, 6.07) is 15.0. The fourth-order valence-electron chi connectivity index (χ4n) is 3.46. The van der Waals surface area contributed by atoms with Crippen molar-refractivity contribution in [1.82, 2.24) is 0 Å². The maximum atomic E-state index is 12.6. The zero-order valence-corrected chi connectivity index (χ0v) is 16.1. The maximum Gasteiger partial charge on any atom is 0.227 e. The Bertz CT molecular complexity index is 736. The van der Waals surface area contributed by atoms with Gasteiger partial charge in [0.15, 0.2) is 0 Å². The lowest BCUT2D eigenvalue weighted by molar-refractivity contribution is -0.119. The van der Waals surface area contributed by atoms with Crippen LogP contribution in [0.2, 0.25) is 0 Å². The molecule has 0 saturated heterocycles. The first-order valence-corrected chi connectivity index (χ1v) is 9.44. The van der Waals surface area contributed by atoms with E-state index in [0.717, 1.165) is 23.0 Å². The number of fused-ring (bicyclic) bond motifs is 1. The molecule has 0 spiro atoms. The lowest BCUT2D eigenvalue weighted by Gasteiger charge is -2.35. The van der Waals surface area contributed by atoms with Crippen LogP contribution in [-0.4, -0.2) is 5.91 Å². The highest BCUT2D eigenvalue weighted by Crippen LogP contribution is 2.36. The van der Waals surface area contributed by atoms with Crippen molar-refractivity contribution in [3.8, 4) is 0 Å². The van der Waals surface area contributed by atoms with Crippen molar-refractivity contribution in [3.63, 3.8) is 0 Å². The second kappa shape index (κ2) is 7.10. The quantitative estimate of drug-likeness (QED) is 0.661. The summed E-state index contributed by atoms with van der Waals surface area (Å²) < 4.78 is 1.07. The summed E-state index contributed by atoms with van der Waals surface area (Å²) >= 11 is 3.53. The Morgan fingerprint density at radius 3 is 2.42 bits per heavy atom. The molecule has 3 heteroatoms. The smallest absolute Gasteiger partial charge is 0.227 e. The van der Waals surface area contributed by atoms with Gasteiger partial charge in [-0.1, -0.05) is 54.0 Å². The molecule has 24 heavy (non-hydrogen) atoms. The van der Waals surface area contributed by atoms with E-state index >= 15 is 0 Å². The monoisotopic (exact) mass is 385 g/mol. The molecule has 0 bridgehead atoms. The molecular weight excluding hydrogens is 362 g/mol. The van der Waals surface area contributed by atoms with Gasteiger partial charge in [-0.15, -0.1) is 0 Å². The largest absolute Gasteiger partial charge is 0.305 e. The van der Waals surface area contributed by atoms with E-state index < -0.39 is 0 Å².